The van der Waals surface area contributed by atoms with E-state index in [1.54, 1.807) is 13.8 Å². The molecule has 0 saturated carbocycles. The van der Waals surface area contributed by atoms with Crippen molar-refractivity contribution in [3.05, 3.63) is 0 Å². The first-order chi connectivity index (χ1) is 6.93. The maximum atomic E-state index is 12.4. The summed E-state index contributed by atoms with van der Waals surface area (Å²) in [5.41, 5.74) is 0. The zero-order chi connectivity index (χ0) is 11.9. The Hall–Kier alpha value is -0.740. The minimum Gasteiger partial charge on any atom is -0.465 e. The first-order valence-corrected chi connectivity index (χ1v) is 5.16. The predicted molar refractivity (Wildman–Crippen MR) is 50.3 cm³/mol. The summed E-state index contributed by atoms with van der Waals surface area (Å²) in [4.78, 5) is 11.1. The minimum absolute atomic E-state index is 0.0531. The van der Waals surface area contributed by atoms with Gasteiger partial charge in [-0.25, -0.2) is 0 Å². The molecule has 0 fully saturated rings. The molecule has 0 aromatic heterocycles. The molecular formula is C10H17F3O2. The van der Waals surface area contributed by atoms with Gasteiger partial charge in [0.2, 0.25) is 0 Å². The highest BCUT2D eigenvalue weighted by molar-refractivity contribution is 5.73. The van der Waals surface area contributed by atoms with Crippen LogP contribution in [0.4, 0.5) is 13.2 Å². The molecule has 0 bridgehead atoms. The third-order valence-electron chi connectivity index (χ3n) is 1.97. The Bertz CT molecular complexity index is 190. The van der Waals surface area contributed by atoms with Crippen LogP contribution < -0.4 is 0 Å². The predicted octanol–water partition coefficient (Wildman–Crippen LogP) is 3.31. The third-order valence-corrected chi connectivity index (χ3v) is 1.97. The summed E-state index contributed by atoms with van der Waals surface area (Å²) in [6.07, 6.45) is -3.12. The second-order valence-electron chi connectivity index (χ2n) is 3.40. The summed E-state index contributed by atoms with van der Waals surface area (Å²) >= 11 is 0. The standard InChI is InChI=1S/C10H17F3O2/c1-3-5-6-8(10(11,12)13)9(14)15-7-4-2/h8H,3-7H2,1-2H3. The Morgan fingerprint density at radius 2 is 1.87 bits per heavy atom. The molecule has 0 rings (SSSR count). The summed E-state index contributed by atoms with van der Waals surface area (Å²) in [6.45, 7) is 3.57. The molecule has 0 spiro atoms. The molecule has 1 unspecified atom stereocenters. The number of rotatable bonds is 6. The lowest BCUT2D eigenvalue weighted by molar-refractivity contribution is -0.199. The fourth-order valence-corrected chi connectivity index (χ4v) is 1.13. The van der Waals surface area contributed by atoms with Crippen molar-refractivity contribution in [3.8, 4) is 0 Å². The van der Waals surface area contributed by atoms with Crippen molar-refractivity contribution in [3.63, 3.8) is 0 Å². The average molecular weight is 226 g/mol. The van der Waals surface area contributed by atoms with Gasteiger partial charge in [-0.15, -0.1) is 0 Å². The molecule has 0 saturated heterocycles. The molecule has 15 heavy (non-hydrogen) atoms. The lowest BCUT2D eigenvalue weighted by Crippen LogP contribution is -2.32. The molecular weight excluding hydrogens is 209 g/mol. The van der Waals surface area contributed by atoms with E-state index in [1.807, 2.05) is 0 Å². The van der Waals surface area contributed by atoms with E-state index < -0.39 is 18.1 Å². The van der Waals surface area contributed by atoms with Gasteiger partial charge in [-0.05, 0) is 12.8 Å². The first-order valence-electron chi connectivity index (χ1n) is 5.16. The number of carbonyl (C=O) groups excluding carboxylic acids is 1. The number of hydrogen-bond acceptors (Lipinski definition) is 2. The van der Waals surface area contributed by atoms with Crippen molar-refractivity contribution in [1.82, 2.24) is 0 Å². The smallest absolute Gasteiger partial charge is 0.402 e. The summed E-state index contributed by atoms with van der Waals surface area (Å²) in [5, 5.41) is 0. The summed E-state index contributed by atoms with van der Waals surface area (Å²) in [7, 11) is 0. The van der Waals surface area contributed by atoms with E-state index in [4.69, 9.17) is 0 Å². The fourth-order valence-electron chi connectivity index (χ4n) is 1.13. The molecule has 0 aromatic carbocycles. The second kappa shape index (κ2) is 6.69. The van der Waals surface area contributed by atoms with Gasteiger partial charge in [-0.1, -0.05) is 26.7 Å². The Morgan fingerprint density at radius 3 is 2.27 bits per heavy atom. The number of ether oxygens (including phenoxy) is 1. The molecule has 0 aliphatic rings. The van der Waals surface area contributed by atoms with Gasteiger partial charge in [0.15, 0.2) is 5.92 Å². The Morgan fingerprint density at radius 1 is 1.27 bits per heavy atom. The molecule has 2 nitrogen and oxygen atoms in total. The molecule has 0 aromatic rings. The highest BCUT2D eigenvalue weighted by atomic mass is 19.4. The normalized spacial score (nSPS) is 13.7. The van der Waals surface area contributed by atoms with Crippen LogP contribution in [0.3, 0.4) is 0 Å². The zero-order valence-electron chi connectivity index (χ0n) is 9.06. The monoisotopic (exact) mass is 226 g/mol. The highest BCUT2D eigenvalue weighted by Gasteiger charge is 2.45. The number of esters is 1. The van der Waals surface area contributed by atoms with Crippen LogP contribution in [0.2, 0.25) is 0 Å². The molecule has 0 aliphatic heterocycles. The Labute approximate surface area is 87.8 Å². The molecule has 5 heteroatoms. The Balaban J connectivity index is 4.28. The molecule has 0 radical (unpaired) electrons. The largest absolute Gasteiger partial charge is 0.465 e. The van der Waals surface area contributed by atoms with Crippen LogP contribution >= 0.6 is 0 Å². The SMILES string of the molecule is CCCCC(C(=O)OCCC)C(F)(F)F. The van der Waals surface area contributed by atoms with E-state index in [1.165, 1.54) is 0 Å². The number of carbonyl (C=O) groups is 1. The maximum Gasteiger partial charge on any atom is 0.402 e. The van der Waals surface area contributed by atoms with Crippen LogP contribution in [0.1, 0.15) is 39.5 Å². The zero-order valence-corrected chi connectivity index (χ0v) is 9.06. The van der Waals surface area contributed by atoms with Gasteiger partial charge in [0.05, 0.1) is 6.61 Å². The number of alkyl halides is 3. The van der Waals surface area contributed by atoms with Gasteiger partial charge in [-0.3, -0.25) is 4.79 Å². The molecule has 90 valence electrons. The maximum absolute atomic E-state index is 12.4. The van der Waals surface area contributed by atoms with E-state index in [2.05, 4.69) is 4.74 Å². The van der Waals surface area contributed by atoms with Crippen LogP contribution in [0, 0.1) is 5.92 Å². The topological polar surface area (TPSA) is 26.3 Å². The number of unbranched alkanes of at least 4 members (excludes halogenated alkanes) is 1. The van der Waals surface area contributed by atoms with Crippen LogP contribution in [-0.4, -0.2) is 18.8 Å². The fraction of sp³-hybridized carbons (Fsp3) is 0.900. The van der Waals surface area contributed by atoms with E-state index in [0.29, 0.717) is 19.3 Å². The first kappa shape index (κ1) is 14.3. The van der Waals surface area contributed by atoms with Crippen LogP contribution in [-0.2, 0) is 9.53 Å². The lowest BCUT2D eigenvalue weighted by Gasteiger charge is -2.18. The lowest BCUT2D eigenvalue weighted by atomic mass is 10.0. The van der Waals surface area contributed by atoms with Crippen molar-refractivity contribution in [2.45, 2.75) is 45.7 Å². The number of hydrogen-bond donors (Lipinski definition) is 0. The summed E-state index contributed by atoms with van der Waals surface area (Å²) in [6, 6.07) is 0. The van der Waals surface area contributed by atoms with Crippen molar-refractivity contribution in [1.29, 1.82) is 0 Å². The quantitative estimate of drug-likeness (QED) is 0.649. The van der Waals surface area contributed by atoms with Crippen molar-refractivity contribution < 1.29 is 22.7 Å². The van der Waals surface area contributed by atoms with Crippen molar-refractivity contribution in [2.75, 3.05) is 6.61 Å². The van der Waals surface area contributed by atoms with Gasteiger partial charge in [0.1, 0.15) is 0 Å². The van der Waals surface area contributed by atoms with Crippen LogP contribution in [0.25, 0.3) is 0 Å². The van der Waals surface area contributed by atoms with Gasteiger partial charge >= 0.3 is 12.1 Å². The molecule has 0 aliphatic carbocycles. The molecule has 0 N–H and O–H groups in total. The van der Waals surface area contributed by atoms with Gasteiger partial charge in [0.25, 0.3) is 0 Å². The highest BCUT2D eigenvalue weighted by Crippen LogP contribution is 2.31. The van der Waals surface area contributed by atoms with Crippen LogP contribution in [0.15, 0.2) is 0 Å². The van der Waals surface area contributed by atoms with E-state index in [-0.39, 0.29) is 13.0 Å². The van der Waals surface area contributed by atoms with E-state index in [9.17, 15) is 18.0 Å². The minimum atomic E-state index is -4.49. The van der Waals surface area contributed by atoms with Crippen molar-refractivity contribution in [2.24, 2.45) is 5.92 Å². The van der Waals surface area contributed by atoms with Crippen molar-refractivity contribution >= 4 is 5.97 Å². The summed E-state index contributed by atoms with van der Waals surface area (Å²) < 4.78 is 41.8. The second-order valence-corrected chi connectivity index (χ2v) is 3.40. The van der Waals surface area contributed by atoms with Gasteiger partial charge < -0.3 is 4.74 Å². The van der Waals surface area contributed by atoms with Gasteiger partial charge in [-0.2, -0.15) is 13.2 Å². The average Bonchev–Trinajstić information content (AvgIpc) is 2.13. The molecule has 1 atom stereocenters. The van der Waals surface area contributed by atoms with Crippen LogP contribution in [0.5, 0.6) is 0 Å². The summed E-state index contributed by atoms with van der Waals surface area (Å²) in [5.74, 6) is -3.10. The molecule has 0 amide bonds. The number of halogens is 3. The van der Waals surface area contributed by atoms with Gasteiger partial charge in [0, 0.05) is 0 Å². The Kier molecular flexibility index (Phi) is 6.36. The molecule has 0 heterocycles. The van der Waals surface area contributed by atoms with E-state index >= 15 is 0 Å². The third kappa shape index (κ3) is 5.64. The van der Waals surface area contributed by atoms with E-state index in [0.717, 1.165) is 0 Å².